The molecule has 0 radical (unpaired) electrons. The topological polar surface area (TPSA) is 44.8 Å². The highest BCUT2D eigenvalue weighted by atomic mass is 19.1. The first-order valence-electron chi connectivity index (χ1n) is 9.84. The summed E-state index contributed by atoms with van der Waals surface area (Å²) in [5.74, 6) is -0.252. The van der Waals surface area contributed by atoms with Crippen LogP contribution in [0, 0.1) is 5.82 Å². The van der Waals surface area contributed by atoms with E-state index in [0.29, 0.717) is 18.7 Å². The summed E-state index contributed by atoms with van der Waals surface area (Å²) in [6.07, 6.45) is 0.947. The zero-order valence-electron chi connectivity index (χ0n) is 15.9. The van der Waals surface area contributed by atoms with E-state index in [9.17, 15) is 9.18 Å². The average Bonchev–Trinajstić information content (AvgIpc) is 3.09. The third-order valence-electron chi connectivity index (χ3n) is 5.42. The summed E-state index contributed by atoms with van der Waals surface area (Å²) in [6, 6.07) is 17.2. The van der Waals surface area contributed by atoms with E-state index in [1.807, 2.05) is 6.07 Å². The summed E-state index contributed by atoms with van der Waals surface area (Å²) in [6.45, 7) is 4.14. The average molecular weight is 383 g/mol. The second-order valence-electron chi connectivity index (χ2n) is 7.59. The van der Waals surface area contributed by atoms with Crippen molar-refractivity contribution < 1.29 is 13.9 Å². The molecule has 0 bridgehead atoms. The summed E-state index contributed by atoms with van der Waals surface area (Å²) in [7, 11) is 0. The first kappa shape index (κ1) is 18.9. The first-order chi connectivity index (χ1) is 13.7. The second kappa shape index (κ2) is 8.71. The molecule has 0 spiro atoms. The number of urea groups is 1. The zero-order chi connectivity index (χ0) is 19.3. The van der Waals surface area contributed by atoms with E-state index >= 15 is 0 Å². The Morgan fingerprint density at radius 3 is 2.61 bits per heavy atom. The van der Waals surface area contributed by atoms with Gasteiger partial charge in [0, 0.05) is 31.2 Å². The molecule has 28 heavy (non-hydrogen) atoms. The molecule has 0 saturated carbocycles. The number of halogens is 1. The smallest absolute Gasteiger partial charge is 0.317 e. The number of benzene rings is 2. The van der Waals surface area contributed by atoms with Gasteiger partial charge in [-0.2, -0.15) is 0 Å². The summed E-state index contributed by atoms with van der Waals surface area (Å²) >= 11 is 0. The third kappa shape index (κ3) is 4.69. The van der Waals surface area contributed by atoms with Gasteiger partial charge >= 0.3 is 6.03 Å². The van der Waals surface area contributed by atoms with Crippen molar-refractivity contribution in [3.05, 3.63) is 71.5 Å². The molecule has 148 valence electrons. The van der Waals surface area contributed by atoms with E-state index in [-0.39, 0.29) is 30.6 Å². The largest absolute Gasteiger partial charge is 0.370 e. The van der Waals surface area contributed by atoms with Gasteiger partial charge in [0.15, 0.2) is 0 Å². The lowest BCUT2D eigenvalue weighted by Crippen LogP contribution is -2.59. The molecule has 6 heteroatoms. The number of hydrogen-bond donors (Lipinski definition) is 1. The Bertz CT molecular complexity index is 795. The van der Waals surface area contributed by atoms with Gasteiger partial charge in [0.05, 0.1) is 25.8 Å². The zero-order valence-corrected chi connectivity index (χ0v) is 15.9. The van der Waals surface area contributed by atoms with Gasteiger partial charge in [-0.3, -0.25) is 4.90 Å². The molecular weight excluding hydrogens is 357 g/mol. The van der Waals surface area contributed by atoms with Crippen LogP contribution in [0.3, 0.4) is 0 Å². The molecule has 2 aliphatic rings. The third-order valence-corrected chi connectivity index (χ3v) is 5.42. The second-order valence-corrected chi connectivity index (χ2v) is 7.59. The summed E-state index contributed by atoms with van der Waals surface area (Å²) in [4.78, 5) is 16.5. The van der Waals surface area contributed by atoms with Crippen molar-refractivity contribution in [1.82, 2.24) is 15.1 Å². The number of carbonyl (C=O) groups is 1. The van der Waals surface area contributed by atoms with Crippen LogP contribution in [0.1, 0.15) is 17.5 Å². The summed E-state index contributed by atoms with van der Waals surface area (Å²) in [5.41, 5.74) is 1.85. The molecule has 2 fully saturated rings. The maximum atomic E-state index is 13.6. The fraction of sp³-hybridized carbons (Fsp3) is 0.409. The van der Waals surface area contributed by atoms with Gasteiger partial charge < -0.3 is 15.0 Å². The van der Waals surface area contributed by atoms with E-state index < -0.39 is 0 Å². The number of hydrogen-bond acceptors (Lipinski definition) is 3. The Balaban J connectivity index is 1.15. The Morgan fingerprint density at radius 2 is 1.82 bits per heavy atom. The molecule has 2 heterocycles. The Labute approximate surface area is 165 Å². The first-order valence-corrected chi connectivity index (χ1v) is 9.84. The molecule has 0 aromatic heterocycles. The van der Waals surface area contributed by atoms with Crippen LogP contribution >= 0.6 is 0 Å². The number of carbonyl (C=O) groups excluding carboxylic acids is 1. The molecule has 2 aromatic carbocycles. The minimum atomic E-state index is -0.252. The van der Waals surface area contributed by atoms with Crippen molar-refractivity contribution >= 4 is 6.03 Å². The fourth-order valence-electron chi connectivity index (χ4n) is 3.73. The molecule has 2 saturated heterocycles. The molecule has 1 N–H and O–H groups in total. The molecule has 4 rings (SSSR count). The van der Waals surface area contributed by atoms with Gasteiger partial charge in [-0.05, 0) is 18.1 Å². The van der Waals surface area contributed by atoms with Crippen molar-refractivity contribution in [2.75, 3.05) is 26.2 Å². The van der Waals surface area contributed by atoms with E-state index in [2.05, 4.69) is 34.5 Å². The van der Waals surface area contributed by atoms with E-state index in [4.69, 9.17) is 4.74 Å². The lowest BCUT2D eigenvalue weighted by molar-refractivity contribution is -0.0452. The number of nitrogens with zero attached hydrogens (tertiary/aromatic N) is 2. The fourth-order valence-corrected chi connectivity index (χ4v) is 3.73. The predicted octanol–water partition coefficient (Wildman–Crippen LogP) is 3.01. The highest BCUT2D eigenvalue weighted by Gasteiger charge is 2.33. The molecular formula is C22H26FN3O2. The van der Waals surface area contributed by atoms with E-state index in [1.165, 1.54) is 11.6 Å². The minimum Gasteiger partial charge on any atom is -0.370 e. The molecule has 0 aliphatic carbocycles. The van der Waals surface area contributed by atoms with Crippen molar-refractivity contribution in [2.45, 2.75) is 31.7 Å². The van der Waals surface area contributed by atoms with Crippen molar-refractivity contribution in [3.63, 3.8) is 0 Å². The van der Waals surface area contributed by atoms with Crippen molar-refractivity contribution in [1.29, 1.82) is 0 Å². The number of ether oxygens (including phenoxy) is 1. The maximum Gasteiger partial charge on any atom is 0.317 e. The summed E-state index contributed by atoms with van der Waals surface area (Å²) in [5, 5.41) is 3.13. The van der Waals surface area contributed by atoms with Crippen molar-refractivity contribution in [3.8, 4) is 0 Å². The Kier molecular flexibility index (Phi) is 5.88. The van der Waals surface area contributed by atoms with Gasteiger partial charge in [-0.1, -0.05) is 48.5 Å². The quantitative estimate of drug-likeness (QED) is 0.834. The van der Waals surface area contributed by atoms with Crippen LogP contribution in [0.5, 0.6) is 0 Å². The SMILES string of the molecule is O=C(N[C@H]1CCN(Cc2ccccc2)C1)N1CC(OCc2ccccc2F)C1. The Morgan fingerprint density at radius 1 is 1.07 bits per heavy atom. The van der Waals surface area contributed by atoms with Crippen LogP contribution in [0.25, 0.3) is 0 Å². The monoisotopic (exact) mass is 383 g/mol. The highest BCUT2D eigenvalue weighted by molar-refractivity contribution is 5.75. The summed E-state index contributed by atoms with van der Waals surface area (Å²) < 4.78 is 19.3. The normalized spacial score (nSPS) is 20.2. The molecule has 5 nitrogen and oxygen atoms in total. The lowest BCUT2D eigenvalue weighted by atomic mass is 10.1. The maximum absolute atomic E-state index is 13.6. The molecule has 2 aliphatic heterocycles. The van der Waals surface area contributed by atoms with Crippen LogP contribution in [-0.2, 0) is 17.9 Å². The number of nitrogens with one attached hydrogen (secondary N) is 1. The predicted molar refractivity (Wildman–Crippen MR) is 105 cm³/mol. The number of likely N-dealkylation sites (tertiary alicyclic amines) is 2. The van der Waals surface area contributed by atoms with Crippen LogP contribution in [0.4, 0.5) is 9.18 Å². The standard InChI is InChI=1S/C22H26FN3O2/c23-21-9-5-4-8-18(21)16-28-20-14-26(15-20)22(27)24-19-10-11-25(13-19)12-17-6-2-1-3-7-17/h1-9,19-20H,10-16H2,(H,24,27)/t19-/m0/s1. The van der Waals surface area contributed by atoms with Crippen LogP contribution in [-0.4, -0.2) is 54.2 Å². The van der Waals surface area contributed by atoms with Crippen molar-refractivity contribution in [2.24, 2.45) is 0 Å². The Hall–Kier alpha value is -2.44. The van der Waals surface area contributed by atoms with Crippen LogP contribution in [0.2, 0.25) is 0 Å². The minimum absolute atomic E-state index is 0.0245. The van der Waals surface area contributed by atoms with E-state index in [0.717, 1.165) is 26.1 Å². The molecule has 2 amide bonds. The van der Waals surface area contributed by atoms with Crippen LogP contribution in [0.15, 0.2) is 54.6 Å². The van der Waals surface area contributed by atoms with Gasteiger partial charge in [-0.15, -0.1) is 0 Å². The molecule has 2 aromatic rings. The number of amides is 2. The van der Waals surface area contributed by atoms with E-state index in [1.54, 1.807) is 23.1 Å². The van der Waals surface area contributed by atoms with Gasteiger partial charge in [-0.25, -0.2) is 9.18 Å². The van der Waals surface area contributed by atoms with Gasteiger partial charge in [0.25, 0.3) is 0 Å². The number of rotatable bonds is 6. The highest BCUT2D eigenvalue weighted by Crippen LogP contribution is 2.18. The van der Waals surface area contributed by atoms with Gasteiger partial charge in [0.1, 0.15) is 5.82 Å². The van der Waals surface area contributed by atoms with Crippen LogP contribution < -0.4 is 5.32 Å². The lowest BCUT2D eigenvalue weighted by Gasteiger charge is -2.39. The molecule has 0 unspecified atom stereocenters. The van der Waals surface area contributed by atoms with Gasteiger partial charge in [0.2, 0.25) is 0 Å². The molecule has 1 atom stereocenters.